The topological polar surface area (TPSA) is 61.4 Å². The smallest absolute Gasteiger partial charge is 0.234 e. The predicted octanol–water partition coefficient (Wildman–Crippen LogP) is 1.72. The fourth-order valence-corrected chi connectivity index (χ4v) is 2.34. The first kappa shape index (κ1) is 20.1. The lowest BCUT2D eigenvalue weighted by Crippen LogP contribution is -2.46. The van der Waals surface area contributed by atoms with E-state index in [0.717, 1.165) is 0 Å². The molecule has 134 valence electrons. The molecule has 6 heteroatoms. The van der Waals surface area contributed by atoms with E-state index >= 15 is 0 Å². The number of hydrogen-bond donors (Lipinski definition) is 2. The first-order valence-electron chi connectivity index (χ1n) is 8.32. The molecule has 0 bridgehead atoms. The molecule has 1 aromatic rings. The number of carbonyl (C=O) groups excluding carboxylic acids is 2. The van der Waals surface area contributed by atoms with Crippen LogP contribution >= 0.6 is 0 Å². The summed E-state index contributed by atoms with van der Waals surface area (Å²) < 4.78 is 13.7. The number of halogens is 1. The van der Waals surface area contributed by atoms with Gasteiger partial charge in [-0.25, -0.2) is 4.39 Å². The number of carbonyl (C=O) groups is 2. The minimum Gasteiger partial charge on any atom is -0.353 e. The van der Waals surface area contributed by atoms with Crippen molar-refractivity contribution in [3.05, 3.63) is 35.6 Å². The third-order valence-electron chi connectivity index (χ3n) is 3.29. The van der Waals surface area contributed by atoms with Crippen molar-refractivity contribution in [2.45, 2.75) is 46.2 Å². The van der Waals surface area contributed by atoms with Gasteiger partial charge in [0.2, 0.25) is 11.8 Å². The average Bonchev–Trinajstić information content (AvgIpc) is 2.44. The molecule has 0 spiro atoms. The molecule has 0 saturated carbocycles. The molecule has 1 aromatic carbocycles. The second-order valence-electron chi connectivity index (χ2n) is 6.50. The van der Waals surface area contributed by atoms with Gasteiger partial charge in [0.1, 0.15) is 5.82 Å². The maximum atomic E-state index is 13.7. The predicted molar refractivity (Wildman–Crippen MR) is 93.1 cm³/mol. The minimum atomic E-state index is -0.268. The Morgan fingerprint density at radius 2 is 1.50 bits per heavy atom. The van der Waals surface area contributed by atoms with Crippen LogP contribution in [0.4, 0.5) is 4.39 Å². The Bertz CT molecular complexity index is 523. The highest BCUT2D eigenvalue weighted by molar-refractivity contribution is 5.81. The van der Waals surface area contributed by atoms with Crippen molar-refractivity contribution >= 4 is 11.8 Å². The van der Waals surface area contributed by atoms with Gasteiger partial charge in [0.25, 0.3) is 0 Å². The van der Waals surface area contributed by atoms with E-state index in [0.29, 0.717) is 18.5 Å². The number of benzene rings is 1. The number of rotatable bonds is 9. The van der Waals surface area contributed by atoms with Crippen LogP contribution in [-0.2, 0) is 16.0 Å². The first-order chi connectivity index (χ1) is 11.3. The number of amides is 2. The molecular formula is C18H28FN3O2. The van der Waals surface area contributed by atoms with E-state index in [4.69, 9.17) is 0 Å². The monoisotopic (exact) mass is 337 g/mol. The molecule has 24 heavy (non-hydrogen) atoms. The standard InChI is InChI=1S/C18H28FN3O2/c1-13(2)20-17(23)11-22(12-18(24)21-14(3)4)10-9-15-7-5-6-8-16(15)19/h5-8,13-14H,9-12H2,1-4H3,(H,20,23)(H,21,24). The van der Waals surface area contributed by atoms with Crippen molar-refractivity contribution in [1.82, 2.24) is 15.5 Å². The summed E-state index contributed by atoms with van der Waals surface area (Å²) in [5, 5.41) is 5.62. The molecule has 1 rings (SSSR count). The summed E-state index contributed by atoms with van der Waals surface area (Å²) in [6.45, 7) is 8.18. The van der Waals surface area contributed by atoms with Gasteiger partial charge < -0.3 is 10.6 Å². The maximum Gasteiger partial charge on any atom is 0.234 e. The molecule has 0 aliphatic carbocycles. The Hall–Kier alpha value is -1.95. The Morgan fingerprint density at radius 1 is 1.00 bits per heavy atom. The van der Waals surface area contributed by atoms with E-state index in [2.05, 4.69) is 10.6 Å². The lowest BCUT2D eigenvalue weighted by molar-refractivity contribution is -0.125. The van der Waals surface area contributed by atoms with Crippen molar-refractivity contribution in [1.29, 1.82) is 0 Å². The van der Waals surface area contributed by atoms with Crippen LogP contribution in [0.15, 0.2) is 24.3 Å². The van der Waals surface area contributed by atoms with Crippen molar-refractivity contribution in [3.8, 4) is 0 Å². The van der Waals surface area contributed by atoms with Gasteiger partial charge in [-0.15, -0.1) is 0 Å². The number of nitrogens with one attached hydrogen (secondary N) is 2. The molecule has 0 aromatic heterocycles. The van der Waals surface area contributed by atoms with Gasteiger partial charge in [-0.3, -0.25) is 14.5 Å². The average molecular weight is 337 g/mol. The first-order valence-corrected chi connectivity index (χ1v) is 8.32. The lowest BCUT2D eigenvalue weighted by Gasteiger charge is -2.22. The van der Waals surface area contributed by atoms with Crippen LogP contribution in [0.2, 0.25) is 0 Å². The van der Waals surface area contributed by atoms with Crippen molar-refractivity contribution in [2.24, 2.45) is 0 Å². The molecule has 2 N–H and O–H groups in total. The van der Waals surface area contributed by atoms with Crippen molar-refractivity contribution in [2.75, 3.05) is 19.6 Å². The van der Waals surface area contributed by atoms with Crippen molar-refractivity contribution < 1.29 is 14.0 Å². The third kappa shape index (κ3) is 8.06. The van der Waals surface area contributed by atoms with E-state index in [1.165, 1.54) is 6.07 Å². The molecule has 0 unspecified atom stereocenters. The van der Waals surface area contributed by atoms with Crippen LogP contribution in [0, 0.1) is 5.82 Å². The van der Waals surface area contributed by atoms with E-state index in [1.54, 1.807) is 23.1 Å². The highest BCUT2D eigenvalue weighted by atomic mass is 19.1. The Labute approximate surface area is 143 Å². The summed E-state index contributed by atoms with van der Waals surface area (Å²) in [5.74, 6) is -0.553. The lowest BCUT2D eigenvalue weighted by atomic mass is 10.1. The Kier molecular flexibility index (Phi) is 8.40. The van der Waals surface area contributed by atoms with Crippen LogP contribution in [0.5, 0.6) is 0 Å². The summed E-state index contributed by atoms with van der Waals surface area (Å²) in [6, 6.07) is 6.63. The Morgan fingerprint density at radius 3 is 1.96 bits per heavy atom. The van der Waals surface area contributed by atoms with Gasteiger partial charge in [0.05, 0.1) is 13.1 Å². The quantitative estimate of drug-likeness (QED) is 0.721. The molecule has 0 radical (unpaired) electrons. The van der Waals surface area contributed by atoms with E-state index in [1.807, 2.05) is 27.7 Å². The molecule has 0 fully saturated rings. The third-order valence-corrected chi connectivity index (χ3v) is 3.29. The summed E-state index contributed by atoms with van der Waals surface area (Å²) >= 11 is 0. The molecule has 0 aliphatic heterocycles. The zero-order valence-electron chi connectivity index (χ0n) is 14.9. The summed E-state index contributed by atoms with van der Waals surface area (Å²) in [7, 11) is 0. The SMILES string of the molecule is CC(C)NC(=O)CN(CCc1ccccc1F)CC(=O)NC(C)C. The van der Waals surface area contributed by atoms with E-state index in [9.17, 15) is 14.0 Å². The second-order valence-corrected chi connectivity index (χ2v) is 6.50. The summed E-state index contributed by atoms with van der Waals surface area (Å²) in [5.41, 5.74) is 0.580. The second kappa shape index (κ2) is 10.0. The molecule has 2 amide bonds. The van der Waals surface area contributed by atoms with Crippen molar-refractivity contribution in [3.63, 3.8) is 0 Å². The van der Waals surface area contributed by atoms with Crippen LogP contribution in [0.3, 0.4) is 0 Å². The molecular weight excluding hydrogens is 309 g/mol. The van der Waals surface area contributed by atoms with E-state index < -0.39 is 0 Å². The number of nitrogens with zero attached hydrogens (tertiary/aromatic N) is 1. The van der Waals surface area contributed by atoms with Gasteiger partial charge in [-0.05, 0) is 45.7 Å². The zero-order valence-corrected chi connectivity index (χ0v) is 14.9. The fraction of sp³-hybridized carbons (Fsp3) is 0.556. The maximum absolute atomic E-state index is 13.7. The molecule has 0 aliphatic rings. The van der Waals surface area contributed by atoms with Crippen LogP contribution in [0.25, 0.3) is 0 Å². The molecule has 0 atom stereocenters. The van der Waals surface area contributed by atoms with Gasteiger partial charge in [0, 0.05) is 18.6 Å². The van der Waals surface area contributed by atoms with E-state index in [-0.39, 0.29) is 42.8 Å². The highest BCUT2D eigenvalue weighted by Crippen LogP contribution is 2.08. The summed E-state index contributed by atoms with van der Waals surface area (Å²) in [6.07, 6.45) is 0.441. The number of hydrogen-bond acceptors (Lipinski definition) is 3. The van der Waals surface area contributed by atoms with Gasteiger partial charge in [-0.2, -0.15) is 0 Å². The highest BCUT2D eigenvalue weighted by Gasteiger charge is 2.16. The largest absolute Gasteiger partial charge is 0.353 e. The molecule has 5 nitrogen and oxygen atoms in total. The molecule has 0 heterocycles. The summed E-state index contributed by atoms with van der Waals surface area (Å²) in [4.78, 5) is 25.7. The van der Waals surface area contributed by atoms with Gasteiger partial charge in [-0.1, -0.05) is 18.2 Å². The van der Waals surface area contributed by atoms with Crippen LogP contribution in [0.1, 0.15) is 33.3 Å². The van der Waals surface area contributed by atoms with Gasteiger partial charge in [0.15, 0.2) is 0 Å². The van der Waals surface area contributed by atoms with Crippen LogP contribution in [-0.4, -0.2) is 48.4 Å². The fourth-order valence-electron chi connectivity index (χ4n) is 2.34. The van der Waals surface area contributed by atoms with Gasteiger partial charge >= 0.3 is 0 Å². The molecule has 0 saturated heterocycles. The zero-order chi connectivity index (χ0) is 18.1. The normalized spacial score (nSPS) is 11.2. The minimum absolute atomic E-state index is 0.0374. The Balaban J connectivity index is 2.67. The van der Waals surface area contributed by atoms with Crippen LogP contribution < -0.4 is 10.6 Å².